The average molecular weight is 251 g/mol. The largest absolute Gasteiger partial charge is 0.341 e. The van der Waals surface area contributed by atoms with Gasteiger partial charge in [0.15, 0.2) is 0 Å². The maximum atomic E-state index is 5.70. The van der Waals surface area contributed by atoms with E-state index < -0.39 is 0 Å². The summed E-state index contributed by atoms with van der Waals surface area (Å²) in [6, 6.07) is 14.6. The van der Waals surface area contributed by atoms with Crippen LogP contribution in [0.25, 0.3) is 10.9 Å². The highest BCUT2D eigenvalue weighted by atomic mass is 15.0. The molecule has 0 aliphatic heterocycles. The molecule has 0 unspecified atom stereocenters. The standard InChI is InChI=1S/C16H17N3/c17-9-7-13-4-3-5-14-8-11-19(16(13)14)12-15-6-1-2-10-18-15/h1-6,8,10-11H,7,9,12,17H2. The van der Waals surface area contributed by atoms with Gasteiger partial charge in [-0.05, 0) is 42.1 Å². The van der Waals surface area contributed by atoms with Crippen LogP contribution in [0.5, 0.6) is 0 Å². The fourth-order valence-electron chi connectivity index (χ4n) is 2.50. The zero-order valence-corrected chi connectivity index (χ0v) is 10.8. The molecular formula is C16H17N3. The van der Waals surface area contributed by atoms with Gasteiger partial charge in [0.05, 0.1) is 17.8 Å². The fraction of sp³-hybridized carbons (Fsp3) is 0.188. The molecule has 0 fully saturated rings. The van der Waals surface area contributed by atoms with Gasteiger partial charge in [-0.3, -0.25) is 4.98 Å². The van der Waals surface area contributed by atoms with Crippen molar-refractivity contribution >= 4 is 10.9 Å². The monoisotopic (exact) mass is 251 g/mol. The smallest absolute Gasteiger partial charge is 0.0648 e. The Morgan fingerprint density at radius 1 is 1.05 bits per heavy atom. The second kappa shape index (κ2) is 5.24. The van der Waals surface area contributed by atoms with E-state index in [1.807, 2.05) is 18.3 Å². The van der Waals surface area contributed by atoms with Crippen molar-refractivity contribution in [2.75, 3.05) is 6.54 Å². The molecule has 0 spiro atoms. The van der Waals surface area contributed by atoms with E-state index in [4.69, 9.17) is 5.73 Å². The van der Waals surface area contributed by atoms with Gasteiger partial charge in [0.1, 0.15) is 0 Å². The minimum atomic E-state index is 0.674. The summed E-state index contributed by atoms with van der Waals surface area (Å²) in [5.74, 6) is 0. The average Bonchev–Trinajstić information content (AvgIpc) is 2.85. The van der Waals surface area contributed by atoms with Crippen molar-refractivity contribution < 1.29 is 0 Å². The van der Waals surface area contributed by atoms with Gasteiger partial charge in [-0.25, -0.2) is 0 Å². The third-order valence-corrected chi connectivity index (χ3v) is 3.34. The maximum Gasteiger partial charge on any atom is 0.0648 e. The number of para-hydroxylation sites is 1. The van der Waals surface area contributed by atoms with E-state index in [1.54, 1.807) is 0 Å². The lowest BCUT2D eigenvalue weighted by Crippen LogP contribution is -2.06. The lowest BCUT2D eigenvalue weighted by molar-refractivity contribution is 0.801. The van der Waals surface area contributed by atoms with E-state index >= 15 is 0 Å². The van der Waals surface area contributed by atoms with E-state index in [0.29, 0.717) is 6.54 Å². The van der Waals surface area contributed by atoms with Crippen molar-refractivity contribution in [3.63, 3.8) is 0 Å². The molecule has 0 radical (unpaired) electrons. The molecule has 3 heteroatoms. The number of benzene rings is 1. The van der Waals surface area contributed by atoms with Crippen molar-refractivity contribution in [1.29, 1.82) is 0 Å². The highest BCUT2D eigenvalue weighted by molar-refractivity contribution is 5.83. The maximum absolute atomic E-state index is 5.70. The van der Waals surface area contributed by atoms with Gasteiger partial charge >= 0.3 is 0 Å². The quantitative estimate of drug-likeness (QED) is 0.774. The number of hydrogen-bond donors (Lipinski definition) is 1. The molecule has 0 saturated heterocycles. The first-order valence-corrected chi connectivity index (χ1v) is 6.55. The lowest BCUT2D eigenvalue weighted by Gasteiger charge is -2.09. The van der Waals surface area contributed by atoms with Crippen molar-refractivity contribution in [3.8, 4) is 0 Å². The van der Waals surface area contributed by atoms with Gasteiger partial charge in [-0.2, -0.15) is 0 Å². The molecule has 19 heavy (non-hydrogen) atoms. The highest BCUT2D eigenvalue weighted by Crippen LogP contribution is 2.21. The Bertz CT molecular complexity index is 671. The Morgan fingerprint density at radius 3 is 2.79 bits per heavy atom. The number of pyridine rings is 1. The van der Waals surface area contributed by atoms with Crippen LogP contribution in [0.3, 0.4) is 0 Å². The summed E-state index contributed by atoms with van der Waals surface area (Å²) in [4.78, 5) is 4.39. The number of aromatic nitrogens is 2. The number of fused-ring (bicyclic) bond motifs is 1. The van der Waals surface area contributed by atoms with Crippen LogP contribution in [0.4, 0.5) is 0 Å². The van der Waals surface area contributed by atoms with Crippen LogP contribution in [-0.4, -0.2) is 16.1 Å². The minimum absolute atomic E-state index is 0.674. The van der Waals surface area contributed by atoms with Crippen LogP contribution in [0, 0.1) is 0 Å². The molecule has 0 saturated carbocycles. The molecule has 0 atom stereocenters. The molecule has 0 aliphatic carbocycles. The topological polar surface area (TPSA) is 43.8 Å². The molecular weight excluding hydrogens is 234 g/mol. The molecule has 2 heterocycles. The number of hydrogen-bond acceptors (Lipinski definition) is 2. The molecule has 2 N–H and O–H groups in total. The fourth-order valence-corrected chi connectivity index (χ4v) is 2.50. The number of nitrogens with two attached hydrogens (primary N) is 1. The van der Waals surface area contributed by atoms with Gasteiger partial charge in [0, 0.05) is 12.4 Å². The number of nitrogens with zero attached hydrogens (tertiary/aromatic N) is 2. The molecule has 0 bridgehead atoms. The van der Waals surface area contributed by atoms with Crippen molar-refractivity contribution in [1.82, 2.24) is 9.55 Å². The molecule has 3 aromatic rings. The van der Waals surface area contributed by atoms with E-state index in [-0.39, 0.29) is 0 Å². The predicted molar refractivity (Wildman–Crippen MR) is 78.0 cm³/mol. The molecule has 3 nitrogen and oxygen atoms in total. The molecule has 1 aromatic carbocycles. The van der Waals surface area contributed by atoms with Gasteiger partial charge in [-0.15, -0.1) is 0 Å². The summed E-state index contributed by atoms with van der Waals surface area (Å²) in [7, 11) is 0. The summed E-state index contributed by atoms with van der Waals surface area (Å²) in [5, 5.41) is 1.27. The normalized spacial score (nSPS) is 11.0. The molecule has 0 aliphatic rings. The third kappa shape index (κ3) is 2.37. The summed E-state index contributed by atoms with van der Waals surface area (Å²) >= 11 is 0. The minimum Gasteiger partial charge on any atom is -0.341 e. The molecule has 96 valence electrons. The van der Waals surface area contributed by atoms with Crippen LogP contribution < -0.4 is 5.73 Å². The Balaban J connectivity index is 2.04. The Morgan fingerprint density at radius 2 is 2.00 bits per heavy atom. The Kier molecular flexibility index (Phi) is 3.29. The Labute approximate surface area is 112 Å². The van der Waals surface area contributed by atoms with Crippen molar-refractivity contribution in [3.05, 3.63) is 66.1 Å². The first kappa shape index (κ1) is 11.9. The second-order valence-corrected chi connectivity index (χ2v) is 4.66. The van der Waals surface area contributed by atoms with Crippen LogP contribution in [0.15, 0.2) is 54.9 Å². The summed E-state index contributed by atoms with van der Waals surface area (Å²) < 4.78 is 2.25. The summed E-state index contributed by atoms with van der Waals surface area (Å²) in [6.45, 7) is 1.47. The number of rotatable bonds is 4. The van der Waals surface area contributed by atoms with E-state index in [0.717, 1.165) is 18.7 Å². The summed E-state index contributed by atoms with van der Waals surface area (Å²) in [5.41, 5.74) is 9.36. The van der Waals surface area contributed by atoms with Crippen molar-refractivity contribution in [2.45, 2.75) is 13.0 Å². The molecule has 0 amide bonds. The van der Waals surface area contributed by atoms with Crippen LogP contribution in [0.2, 0.25) is 0 Å². The van der Waals surface area contributed by atoms with Gasteiger partial charge in [0.2, 0.25) is 0 Å². The second-order valence-electron chi connectivity index (χ2n) is 4.66. The first-order chi connectivity index (χ1) is 9.38. The first-order valence-electron chi connectivity index (χ1n) is 6.55. The van der Waals surface area contributed by atoms with E-state index in [2.05, 4.69) is 46.1 Å². The molecule has 3 rings (SSSR count). The SMILES string of the molecule is NCCc1cccc2ccn(Cc3ccccn3)c12. The van der Waals surface area contributed by atoms with Gasteiger partial charge < -0.3 is 10.3 Å². The summed E-state index contributed by atoms with van der Waals surface area (Å²) in [6.07, 6.45) is 4.87. The Hall–Kier alpha value is -2.13. The van der Waals surface area contributed by atoms with E-state index in [1.165, 1.54) is 16.5 Å². The third-order valence-electron chi connectivity index (χ3n) is 3.34. The highest BCUT2D eigenvalue weighted by Gasteiger charge is 2.06. The van der Waals surface area contributed by atoms with Crippen LogP contribution in [-0.2, 0) is 13.0 Å². The zero-order chi connectivity index (χ0) is 13.1. The van der Waals surface area contributed by atoms with Gasteiger partial charge in [0.25, 0.3) is 0 Å². The van der Waals surface area contributed by atoms with Gasteiger partial charge in [-0.1, -0.05) is 24.3 Å². The predicted octanol–water partition coefficient (Wildman–Crippen LogP) is 2.59. The molecule has 2 aromatic heterocycles. The van der Waals surface area contributed by atoms with Crippen LogP contribution in [0.1, 0.15) is 11.3 Å². The van der Waals surface area contributed by atoms with Crippen LogP contribution >= 0.6 is 0 Å². The zero-order valence-electron chi connectivity index (χ0n) is 10.8. The van der Waals surface area contributed by atoms with E-state index in [9.17, 15) is 0 Å². The lowest BCUT2D eigenvalue weighted by atomic mass is 10.1. The van der Waals surface area contributed by atoms with Crippen molar-refractivity contribution in [2.24, 2.45) is 5.73 Å².